The van der Waals surface area contributed by atoms with Crippen molar-refractivity contribution in [3.8, 4) is 0 Å². The molecular formula is C34H57NO3. The van der Waals surface area contributed by atoms with Crippen molar-refractivity contribution in [3.63, 3.8) is 0 Å². The zero-order chi connectivity index (χ0) is 26.9. The van der Waals surface area contributed by atoms with Gasteiger partial charge in [-0.3, -0.25) is 9.69 Å². The van der Waals surface area contributed by atoms with Crippen LogP contribution in [0.5, 0.6) is 0 Å². The van der Waals surface area contributed by atoms with Crippen molar-refractivity contribution in [2.24, 2.45) is 46.3 Å². The van der Waals surface area contributed by atoms with Crippen LogP contribution in [0.3, 0.4) is 0 Å². The Morgan fingerprint density at radius 2 is 1.84 bits per heavy atom. The Labute approximate surface area is 233 Å². The number of morpholine rings is 1. The van der Waals surface area contributed by atoms with Gasteiger partial charge in [0.25, 0.3) is 0 Å². The second-order valence-electron chi connectivity index (χ2n) is 14.8. The van der Waals surface area contributed by atoms with Crippen LogP contribution in [0, 0.1) is 46.3 Å². The lowest BCUT2D eigenvalue weighted by Crippen LogP contribution is -2.51. The van der Waals surface area contributed by atoms with E-state index in [1.165, 1.54) is 57.8 Å². The lowest BCUT2D eigenvalue weighted by atomic mass is 9.47. The fourth-order valence-electron chi connectivity index (χ4n) is 10.1. The van der Waals surface area contributed by atoms with E-state index in [9.17, 15) is 4.79 Å². The van der Waals surface area contributed by atoms with Crippen LogP contribution in [-0.2, 0) is 14.3 Å². The third-order valence-corrected chi connectivity index (χ3v) is 12.3. The minimum absolute atomic E-state index is 0.00711. The molecule has 216 valence electrons. The number of hydrogen-bond acceptors (Lipinski definition) is 4. The summed E-state index contributed by atoms with van der Waals surface area (Å²) in [5.41, 5.74) is 2.49. The Morgan fingerprint density at radius 1 is 1.05 bits per heavy atom. The fourth-order valence-corrected chi connectivity index (χ4v) is 10.1. The minimum Gasteiger partial charge on any atom is -0.462 e. The first-order valence-corrected chi connectivity index (χ1v) is 16.4. The molecule has 0 aromatic rings. The molecule has 3 saturated carbocycles. The number of carbonyl (C=O) groups excluding carboxylic acids is 1. The summed E-state index contributed by atoms with van der Waals surface area (Å²) in [5.74, 6) is 5.22. The van der Waals surface area contributed by atoms with Crippen molar-refractivity contribution in [2.75, 3.05) is 32.8 Å². The quantitative estimate of drug-likeness (QED) is 0.228. The van der Waals surface area contributed by atoms with Gasteiger partial charge in [0.15, 0.2) is 0 Å². The van der Waals surface area contributed by atoms with Gasteiger partial charge in [-0.05, 0) is 91.3 Å². The normalized spacial score (nSPS) is 40.2. The van der Waals surface area contributed by atoms with Gasteiger partial charge in [-0.25, -0.2) is 0 Å². The van der Waals surface area contributed by atoms with E-state index in [1.54, 1.807) is 5.57 Å². The molecule has 0 bridgehead atoms. The maximum absolute atomic E-state index is 12.7. The van der Waals surface area contributed by atoms with E-state index in [2.05, 4.69) is 45.6 Å². The monoisotopic (exact) mass is 527 g/mol. The second kappa shape index (κ2) is 11.9. The molecule has 8 atom stereocenters. The summed E-state index contributed by atoms with van der Waals surface area (Å²) in [4.78, 5) is 15.0. The first-order chi connectivity index (χ1) is 18.2. The Kier molecular flexibility index (Phi) is 9.00. The van der Waals surface area contributed by atoms with Gasteiger partial charge in [0.2, 0.25) is 0 Å². The van der Waals surface area contributed by atoms with E-state index in [0.29, 0.717) is 17.3 Å². The Hall–Kier alpha value is -0.870. The van der Waals surface area contributed by atoms with Crippen LogP contribution in [0.2, 0.25) is 0 Å². The highest BCUT2D eigenvalue weighted by Gasteiger charge is 2.59. The molecule has 4 heteroatoms. The summed E-state index contributed by atoms with van der Waals surface area (Å²) >= 11 is 0. The van der Waals surface area contributed by atoms with E-state index in [-0.39, 0.29) is 12.1 Å². The van der Waals surface area contributed by atoms with Gasteiger partial charge >= 0.3 is 5.97 Å². The van der Waals surface area contributed by atoms with Gasteiger partial charge < -0.3 is 9.47 Å². The number of rotatable bonds is 9. The predicted octanol–water partition coefficient (Wildman–Crippen LogP) is 7.66. The Balaban J connectivity index is 1.17. The zero-order valence-corrected chi connectivity index (χ0v) is 25.3. The van der Waals surface area contributed by atoms with E-state index in [1.807, 2.05) is 0 Å². The van der Waals surface area contributed by atoms with Gasteiger partial charge in [-0.1, -0.05) is 65.5 Å². The van der Waals surface area contributed by atoms with E-state index >= 15 is 0 Å². The molecule has 0 unspecified atom stereocenters. The van der Waals surface area contributed by atoms with Crippen molar-refractivity contribution in [2.45, 2.75) is 118 Å². The van der Waals surface area contributed by atoms with E-state index in [4.69, 9.17) is 9.47 Å². The Morgan fingerprint density at radius 3 is 2.61 bits per heavy atom. The number of carbonyl (C=O) groups is 1. The first-order valence-electron chi connectivity index (χ1n) is 16.4. The predicted molar refractivity (Wildman–Crippen MR) is 155 cm³/mol. The first kappa shape index (κ1) is 28.7. The molecule has 0 N–H and O–H groups in total. The lowest BCUT2D eigenvalue weighted by molar-refractivity contribution is -0.152. The van der Waals surface area contributed by atoms with E-state index < -0.39 is 0 Å². The van der Waals surface area contributed by atoms with Crippen LogP contribution in [-0.4, -0.2) is 49.8 Å². The smallest absolute Gasteiger partial charge is 0.307 e. The molecular weight excluding hydrogens is 470 g/mol. The highest BCUT2D eigenvalue weighted by atomic mass is 16.5. The molecule has 38 heavy (non-hydrogen) atoms. The zero-order valence-electron chi connectivity index (χ0n) is 25.3. The minimum atomic E-state index is -0.00711. The largest absolute Gasteiger partial charge is 0.462 e. The maximum Gasteiger partial charge on any atom is 0.307 e. The summed E-state index contributed by atoms with van der Waals surface area (Å²) in [6.45, 7) is 16.8. The number of allylic oxidation sites excluding steroid dienone is 1. The molecule has 0 amide bonds. The third-order valence-electron chi connectivity index (χ3n) is 12.3. The lowest BCUT2D eigenvalue weighted by Gasteiger charge is -2.58. The molecule has 4 aliphatic carbocycles. The van der Waals surface area contributed by atoms with Crippen molar-refractivity contribution in [1.29, 1.82) is 0 Å². The van der Waals surface area contributed by atoms with Crippen LogP contribution in [0.25, 0.3) is 0 Å². The number of esters is 1. The number of fused-ring (bicyclic) bond motifs is 5. The van der Waals surface area contributed by atoms with Crippen LogP contribution >= 0.6 is 0 Å². The summed E-state index contributed by atoms with van der Waals surface area (Å²) in [7, 11) is 0. The number of nitrogens with zero attached hydrogens (tertiary/aromatic N) is 1. The third kappa shape index (κ3) is 5.78. The van der Waals surface area contributed by atoms with Crippen LogP contribution in [0.1, 0.15) is 112 Å². The summed E-state index contributed by atoms with van der Waals surface area (Å²) < 4.78 is 11.5. The summed E-state index contributed by atoms with van der Waals surface area (Å²) in [5, 5.41) is 0. The molecule has 0 radical (unpaired) electrons. The standard InChI is InChI=1S/C34H57NO3/c1-24(2)7-6-8-25(3)29-11-12-30-28-10-9-26-23-27(38-32(36)15-18-35-19-21-37-22-20-35)13-16-33(26,4)31(28)14-17-34(29,30)5/h9,24-25,27-31H,6-8,10-23H2,1-5H3/t25-,27-,28+,29-,30+,31+,33+,34-/m1/s1. The molecule has 5 aliphatic rings. The summed E-state index contributed by atoms with van der Waals surface area (Å²) in [6.07, 6.45) is 17.7. The molecule has 1 saturated heterocycles. The highest BCUT2D eigenvalue weighted by Crippen LogP contribution is 2.67. The van der Waals surface area contributed by atoms with Crippen LogP contribution in [0.4, 0.5) is 0 Å². The van der Waals surface area contributed by atoms with Gasteiger partial charge in [-0.15, -0.1) is 0 Å². The maximum atomic E-state index is 12.7. The van der Waals surface area contributed by atoms with Gasteiger partial charge in [-0.2, -0.15) is 0 Å². The number of hydrogen-bond donors (Lipinski definition) is 0. The van der Waals surface area contributed by atoms with Crippen molar-refractivity contribution < 1.29 is 14.3 Å². The molecule has 0 spiro atoms. The SMILES string of the molecule is CC(C)CCC[C@@H](C)[C@H]1CC[C@H]2[C@@H]3CC=C4C[C@H](OC(=O)CCN5CCOCC5)CC[C@]4(C)[C@H]3CC[C@]12C. The fraction of sp³-hybridized carbons (Fsp3) is 0.912. The molecule has 1 aliphatic heterocycles. The topological polar surface area (TPSA) is 38.8 Å². The average molecular weight is 528 g/mol. The van der Waals surface area contributed by atoms with Crippen molar-refractivity contribution in [1.82, 2.24) is 4.90 Å². The van der Waals surface area contributed by atoms with Crippen LogP contribution in [0.15, 0.2) is 11.6 Å². The second-order valence-corrected chi connectivity index (χ2v) is 14.8. The molecule has 1 heterocycles. The molecule has 4 nitrogen and oxygen atoms in total. The van der Waals surface area contributed by atoms with E-state index in [0.717, 1.165) is 81.2 Å². The van der Waals surface area contributed by atoms with Crippen molar-refractivity contribution in [3.05, 3.63) is 11.6 Å². The number of ether oxygens (including phenoxy) is 2. The van der Waals surface area contributed by atoms with Crippen LogP contribution < -0.4 is 0 Å². The molecule has 4 fully saturated rings. The van der Waals surface area contributed by atoms with Gasteiger partial charge in [0.1, 0.15) is 6.10 Å². The molecule has 5 rings (SSSR count). The summed E-state index contributed by atoms with van der Waals surface area (Å²) in [6, 6.07) is 0. The Bertz CT molecular complexity index is 847. The average Bonchev–Trinajstić information content (AvgIpc) is 3.25. The molecule has 0 aromatic carbocycles. The van der Waals surface area contributed by atoms with Gasteiger partial charge in [0, 0.05) is 26.1 Å². The van der Waals surface area contributed by atoms with Gasteiger partial charge in [0.05, 0.1) is 19.6 Å². The highest BCUT2D eigenvalue weighted by molar-refractivity contribution is 5.69. The molecule has 0 aromatic heterocycles. The van der Waals surface area contributed by atoms with Crippen molar-refractivity contribution >= 4 is 5.97 Å².